The quantitative estimate of drug-likeness (QED) is 0.277. The fourth-order valence-corrected chi connectivity index (χ4v) is 0.309. The molecule has 0 aliphatic rings. The first kappa shape index (κ1) is 9.31. The fraction of sp³-hybridized carbons (Fsp3) is 0.750. The predicted octanol–water partition coefficient (Wildman–Crippen LogP) is -2.90. The second-order valence-electron chi connectivity index (χ2n) is 1.69. The van der Waals surface area contributed by atoms with E-state index < -0.39 is 24.5 Å². The van der Waals surface area contributed by atoms with Gasteiger partial charge in [-0.15, -0.1) is 0 Å². The van der Waals surface area contributed by atoms with Crippen molar-refractivity contribution in [2.75, 3.05) is 0 Å². The Kier molecular flexibility index (Phi) is 3.23. The number of rotatable bonds is 3. The molecule has 0 saturated heterocycles. The molecule has 0 radical (unpaired) electrons. The Hall–Kier alpha value is -0.690. The lowest BCUT2D eigenvalue weighted by Crippen LogP contribution is -2.41. The molecular formula is C4H8O6. The lowest BCUT2D eigenvalue weighted by molar-refractivity contribution is -0.180. The molecule has 0 bridgehead atoms. The molecule has 0 unspecified atom stereocenters. The van der Waals surface area contributed by atoms with Gasteiger partial charge in [0.05, 0.1) is 0 Å². The van der Waals surface area contributed by atoms with Gasteiger partial charge in [-0.1, -0.05) is 0 Å². The number of carboxylic acids is 1. The third kappa shape index (κ3) is 2.28. The number of aliphatic carboxylic acids is 1. The SMILES string of the molecule is O=C(O)[C@@H](O)[C@H](O)C(O)O. The lowest BCUT2D eigenvalue weighted by Gasteiger charge is -2.14. The van der Waals surface area contributed by atoms with Crippen LogP contribution in [-0.2, 0) is 4.79 Å². The third-order valence-corrected chi connectivity index (χ3v) is 0.882. The van der Waals surface area contributed by atoms with Crippen LogP contribution in [0.1, 0.15) is 0 Å². The Morgan fingerprint density at radius 2 is 1.50 bits per heavy atom. The predicted molar refractivity (Wildman–Crippen MR) is 27.9 cm³/mol. The maximum Gasteiger partial charge on any atom is 0.335 e. The minimum absolute atomic E-state index is 1.71. The Labute approximate surface area is 56.0 Å². The molecule has 6 nitrogen and oxygen atoms in total. The molecule has 5 N–H and O–H groups in total. The molecule has 0 aromatic rings. The molecule has 0 fully saturated rings. The summed E-state index contributed by atoms with van der Waals surface area (Å²) in [7, 11) is 0. The van der Waals surface area contributed by atoms with Crippen LogP contribution in [-0.4, -0.2) is 50.0 Å². The van der Waals surface area contributed by atoms with E-state index in [-0.39, 0.29) is 0 Å². The molecule has 0 heterocycles. The maximum absolute atomic E-state index is 9.81. The van der Waals surface area contributed by atoms with Crippen LogP contribution in [0.15, 0.2) is 0 Å². The van der Waals surface area contributed by atoms with Gasteiger partial charge in [-0.05, 0) is 0 Å². The van der Waals surface area contributed by atoms with Crippen molar-refractivity contribution in [1.82, 2.24) is 0 Å². The van der Waals surface area contributed by atoms with Crippen molar-refractivity contribution in [2.45, 2.75) is 18.5 Å². The topological polar surface area (TPSA) is 118 Å². The maximum atomic E-state index is 9.81. The van der Waals surface area contributed by atoms with Gasteiger partial charge in [0.2, 0.25) is 0 Å². The van der Waals surface area contributed by atoms with Crippen LogP contribution in [0.5, 0.6) is 0 Å². The average molecular weight is 152 g/mol. The highest BCUT2D eigenvalue weighted by molar-refractivity contribution is 5.72. The van der Waals surface area contributed by atoms with Gasteiger partial charge < -0.3 is 25.5 Å². The molecule has 0 aromatic carbocycles. The second-order valence-corrected chi connectivity index (χ2v) is 1.69. The first-order valence-corrected chi connectivity index (χ1v) is 2.42. The summed E-state index contributed by atoms with van der Waals surface area (Å²) in [5.41, 5.74) is 0. The van der Waals surface area contributed by atoms with Gasteiger partial charge in [-0.2, -0.15) is 0 Å². The molecule has 2 atom stereocenters. The number of hydrogen-bond donors (Lipinski definition) is 5. The molecule has 0 saturated carbocycles. The van der Waals surface area contributed by atoms with Gasteiger partial charge in [0.25, 0.3) is 0 Å². The summed E-state index contributed by atoms with van der Waals surface area (Å²) in [4.78, 5) is 9.81. The Morgan fingerprint density at radius 3 is 1.60 bits per heavy atom. The average Bonchev–Trinajstić information content (AvgIpc) is 1.84. The molecule has 0 rings (SSSR count). The van der Waals surface area contributed by atoms with E-state index in [1.54, 1.807) is 0 Å². The highest BCUT2D eigenvalue weighted by Crippen LogP contribution is 1.96. The first-order chi connectivity index (χ1) is 4.46. The van der Waals surface area contributed by atoms with Gasteiger partial charge >= 0.3 is 5.97 Å². The van der Waals surface area contributed by atoms with Gasteiger partial charge in [0.15, 0.2) is 12.4 Å². The molecule has 0 amide bonds. The number of carboxylic acid groups (broad SMARTS) is 1. The first-order valence-electron chi connectivity index (χ1n) is 2.42. The van der Waals surface area contributed by atoms with Crippen molar-refractivity contribution in [3.8, 4) is 0 Å². The normalized spacial score (nSPS) is 16.9. The summed E-state index contributed by atoms with van der Waals surface area (Å²) < 4.78 is 0. The Balaban J connectivity index is 3.94. The van der Waals surface area contributed by atoms with Crippen molar-refractivity contribution in [2.24, 2.45) is 0 Å². The minimum Gasteiger partial charge on any atom is -0.479 e. The number of hydrogen-bond acceptors (Lipinski definition) is 5. The van der Waals surface area contributed by atoms with E-state index in [0.717, 1.165) is 0 Å². The summed E-state index contributed by atoms with van der Waals surface area (Å²) in [5.74, 6) is -1.71. The Morgan fingerprint density at radius 1 is 1.10 bits per heavy atom. The molecule has 0 aromatic heterocycles. The minimum atomic E-state index is -2.24. The van der Waals surface area contributed by atoms with Gasteiger partial charge in [0.1, 0.15) is 6.10 Å². The second kappa shape index (κ2) is 3.47. The van der Waals surface area contributed by atoms with Crippen molar-refractivity contribution in [1.29, 1.82) is 0 Å². The molecule has 0 spiro atoms. The van der Waals surface area contributed by atoms with Gasteiger partial charge in [-0.25, -0.2) is 4.79 Å². The number of carbonyl (C=O) groups is 1. The van der Waals surface area contributed by atoms with Crippen LogP contribution in [0.3, 0.4) is 0 Å². The largest absolute Gasteiger partial charge is 0.479 e. The third-order valence-electron chi connectivity index (χ3n) is 0.882. The van der Waals surface area contributed by atoms with Crippen LogP contribution < -0.4 is 0 Å². The zero-order chi connectivity index (χ0) is 8.31. The van der Waals surface area contributed by atoms with Crippen LogP contribution in [0, 0.1) is 0 Å². The Bertz CT molecular complexity index is 121. The molecule has 0 aliphatic heterocycles. The van der Waals surface area contributed by atoms with E-state index in [0.29, 0.717) is 0 Å². The van der Waals surface area contributed by atoms with Crippen LogP contribution >= 0.6 is 0 Å². The lowest BCUT2D eigenvalue weighted by atomic mass is 10.2. The van der Waals surface area contributed by atoms with E-state index in [1.807, 2.05) is 0 Å². The molecular weight excluding hydrogens is 144 g/mol. The van der Waals surface area contributed by atoms with Crippen LogP contribution in [0.25, 0.3) is 0 Å². The fourth-order valence-electron chi connectivity index (χ4n) is 0.309. The van der Waals surface area contributed by atoms with Crippen molar-refractivity contribution in [3.05, 3.63) is 0 Å². The molecule has 60 valence electrons. The van der Waals surface area contributed by atoms with E-state index >= 15 is 0 Å². The zero-order valence-electron chi connectivity index (χ0n) is 4.88. The summed E-state index contributed by atoms with van der Waals surface area (Å²) in [6.45, 7) is 0. The highest BCUT2D eigenvalue weighted by Gasteiger charge is 2.28. The van der Waals surface area contributed by atoms with Gasteiger partial charge in [-0.3, -0.25) is 0 Å². The van der Waals surface area contributed by atoms with Crippen LogP contribution in [0.4, 0.5) is 0 Å². The van der Waals surface area contributed by atoms with E-state index in [2.05, 4.69) is 0 Å². The van der Waals surface area contributed by atoms with E-state index in [9.17, 15) is 4.79 Å². The smallest absolute Gasteiger partial charge is 0.335 e. The molecule has 0 aliphatic carbocycles. The van der Waals surface area contributed by atoms with Gasteiger partial charge in [0, 0.05) is 0 Å². The standard InChI is InChI=1S/C4H8O6/c5-1(3(7)8)2(6)4(9)10/h1-3,5-8H,(H,9,10)/t1-,2-/m0/s1. The van der Waals surface area contributed by atoms with E-state index in [1.165, 1.54) is 0 Å². The molecule has 6 heteroatoms. The monoisotopic (exact) mass is 152 g/mol. The summed E-state index contributed by atoms with van der Waals surface area (Å²) in [5, 5.41) is 41.0. The highest BCUT2D eigenvalue weighted by atomic mass is 16.5. The van der Waals surface area contributed by atoms with E-state index in [4.69, 9.17) is 25.5 Å². The summed E-state index contributed by atoms with van der Waals surface area (Å²) in [6, 6.07) is 0. The molecule has 10 heavy (non-hydrogen) atoms. The van der Waals surface area contributed by atoms with Crippen molar-refractivity contribution in [3.63, 3.8) is 0 Å². The summed E-state index contributed by atoms with van der Waals surface area (Å²) >= 11 is 0. The number of aliphatic hydroxyl groups is 4. The van der Waals surface area contributed by atoms with Crippen molar-refractivity contribution < 1.29 is 30.3 Å². The summed E-state index contributed by atoms with van der Waals surface area (Å²) in [6.07, 6.45) is -6.48. The number of aliphatic hydroxyl groups excluding tert-OH is 3. The zero-order valence-corrected chi connectivity index (χ0v) is 4.88. The van der Waals surface area contributed by atoms with Crippen molar-refractivity contribution >= 4 is 5.97 Å². The van der Waals surface area contributed by atoms with Crippen LogP contribution in [0.2, 0.25) is 0 Å².